The van der Waals surface area contributed by atoms with Gasteiger partial charge in [0.05, 0.1) is 19.5 Å². The summed E-state index contributed by atoms with van der Waals surface area (Å²) in [6.07, 6.45) is 5.65. The summed E-state index contributed by atoms with van der Waals surface area (Å²) in [4.78, 5) is 26.2. The zero-order valence-electron chi connectivity index (χ0n) is 21.3. The molecule has 190 valence electrons. The van der Waals surface area contributed by atoms with E-state index in [9.17, 15) is 9.59 Å². The van der Waals surface area contributed by atoms with Gasteiger partial charge in [0.1, 0.15) is 17.1 Å². The Hall–Kier alpha value is -3.74. The Morgan fingerprint density at radius 2 is 1.92 bits per heavy atom. The van der Waals surface area contributed by atoms with Crippen LogP contribution in [-0.2, 0) is 9.59 Å². The highest BCUT2D eigenvalue weighted by atomic mass is 16.5. The second-order valence-corrected chi connectivity index (χ2v) is 8.84. The third kappa shape index (κ3) is 5.90. The van der Waals surface area contributed by atoms with Gasteiger partial charge in [-0.25, -0.2) is 0 Å². The minimum absolute atomic E-state index is 0.165. The number of fused-ring (bicyclic) bond motifs is 1. The van der Waals surface area contributed by atoms with E-state index in [4.69, 9.17) is 13.9 Å². The Balaban J connectivity index is 1.51. The molecular weight excluding hydrogens is 456 g/mol. The summed E-state index contributed by atoms with van der Waals surface area (Å²) in [6.45, 7) is 8.94. The number of hydrogen-bond donors (Lipinski definition) is 1. The van der Waals surface area contributed by atoms with Crippen LogP contribution in [0.1, 0.15) is 45.6 Å². The number of ether oxygens (including phenoxy) is 2. The summed E-state index contributed by atoms with van der Waals surface area (Å²) in [5.41, 5.74) is 4.34. The number of nitrogens with zero attached hydrogens (tertiary/aromatic N) is 1. The van der Waals surface area contributed by atoms with Crippen LogP contribution in [0, 0.1) is 0 Å². The highest BCUT2D eigenvalue weighted by Crippen LogP contribution is 2.38. The van der Waals surface area contributed by atoms with Crippen molar-refractivity contribution < 1.29 is 23.5 Å². The first-order valence-electron chi connectivity index (χ1n) is 12.7. The van der Waals surface area contributed by atoms with Gasteiger partial charge in [0.25, 0.3) is 0 Å². The number of furan rings is 1. The number of likely N-dealkylation sites (tertiary alicyclic amines) is 1. The van der Waals surface area contributed by atoms with Gasteiger partial charge in [-0.15, -0.1) is 0 Å². The zero-order chi connectivity index (χ0) is 25.5. The highest BCUT2D eigenvalue weighted by Gasteiger charge is 2.19. The van der Waals surface area contributed by atoms with Crippen molar-refractivity contribution in [3.05, 3.63) is 54.3 Å². The maximum absolute atomic E-state index is 12.6. The largest absolute Gasteiger partial charge is 0.494 e. The molecule has 4 rings (SSSR count). The summed E-state index contributed by atoms with van der Waals surface area (Å²) in [7, 11) is 0. The highest BCUT2D eigenvalue weighted by molar-refractivity contribution is 6.00. The Kier molecular flexibility index (Phi) is 8.31. The lowest BCUT2D eigenvalue weighted by molar-refractivity contribution is -0.127. The monoisotopic (exact) mass is 490 g/mol. The quantitative estimate of drug-likeness (QED) is 0.286. The maximum Gasteiger partial charge on any atom is 0.244 e. The van der Waals surface area contributed by atoms with Gasteiger partial charge in [-0.1, -0.05) is 12.1 Å². The van der Waals surface area contributed by atoms with Gasteiger partial charge in [-0.3, -0.25) is 9.59 Å². The van der Waals surface area contributed by atoms with Crippen molar-refractivity contribution in [2.75, 3.05) is 32.8 Å². The van der Waals surface area contributed by atoms with E-state index in [1.165, 1.54) is 0 Å². The molecule has 1 fully saturated rings. The van der Waals surface area contributed by atoms with Crippen LogP contribution in [0.5, 0.6) is 11.5 Å². The van der Waals surface area contributed by atoms with Gasteiger partial charge in [0.15, 0.2) is 0 Å². The number of hydrogen-bond acceptors (Lipinski definition) is 5. The Morgan fingerprint density at radius 1 is 1.14 bits per heavy atom. The van der Waals surface area contributed by atoms with Crippen LogP contribution in [0.25, 0.3) is 27.7 Å². The molecule has 1 aliphatic rings. The fourth-order valence-corrected chi connectivity index (χ4v) is 4.51. The molecule has 36 heavy (non-hydrogen) atoms. The van der Waals surface area contributed by atoms with E-state index < -0.39 is 0 Å². The third-order valence-corrected chi connectivity index (χ3v) is 6.30. The molecule has 2 aromatic carbocycles. The summed E-state index contributed by atoms with van der Waals surface area (Å²) in [5, 5.41) is 3.88. The molecule has 2 amide bonds. The van der Waals surface area contributed by atoms with Gasteiger partial charge in [0, 0.05) is 54.7 Å². The van der Waals surface area contributed by atoms with Crippen molar-refractivity contribution in [3.63, 3.8) is 0 Å². The number of rotatable bonds is 11. The lowest BCUT2D eigenvalue weighted by Crippen LogP contribution is -2.30. The maximum atomic E-state index is 12.6. The fraction of sp³-hybridized carbons (Fsp3) is 0.379. The zero-order valence-corrected chi connectivity index (χ0v) is 21.3. The average Bonchev–Trinajstić information content (AvgIpc) is 3.47. The Bertz CT molecular complexity index is 1240. The molecule has 0 atom stereocenters. The van der Waals surface area contributed by atoms with E-state index in [2.05, 4.69) is 5.32 Å². The van der Waals surface area contributed by atoms with Crippen molar-refractivity contribution in [2.24, 2.45) is 0 Å². The molecule has 0 radical (unpaired) electrons. The molecule has 1 N–H and O–H groups in total. The Labute approximate surface area is 212 Å². The summed E-state index contributed by atoms with van der Waals surface area (Å²) >= 11 is 0. The van der Waals surface area contributed by atoms with Gasteiger partial charge < -0.3 is 24.1 Å². The number of amides is 2. The van der Waals surface area contributed by atoms with Crippen LogP contribution >= 0.6 is 0 Å². The molecular formula is C29H34N2O5. The molecule has 2 heterocycles. The average molecular weight is 491 g/mol. The topological polar surface area (TPSA) is 81.0 Å². The van der Waals surface area contributed by atoms with E-state index in [1.807, 2.05) is 62.1 Å². The lowest BCUT2D eigenvalue weighted by atomic mass is 9.99. The second kappa shape index (κ2) is 11.8. The number of nitrogens with one attached hydrogen (secondary N) is 1. The van der Waals surface area contributed by atoms with Crippen molar-refractivity contribution in [2.45, 2.75) is 40.0 Å². The second-order valence-electron chi connectivity index (χ2n) is 8.84. The molecule has 0 bridgehead atoms. The predicted octanol–water partition coefficient (Wildman–Crippen LogP) is 5.43. The van der Waals surface area contributed by atoms with Gasteiger partial charge in [0.2, 0.25) is 11.8 Å². The van der Waals surface area contributed by atoms with Crippen LogP contribution in [0.2, 0.25) is 0 Å². The van der Waals surface area contributed by atoms with Crippen molar-refractivity contribution >= 4 is 28.4 Å². The smallest absolute Gasteiger partial charge is 0.244 e. The summed E-state index contributed by atoms with van der Waals surface area (Å²) in [6, 6.07) is 11.8. The van der Waals surface area contributed by atoms with Gasteiger partial charge >= 0.3 is 0 Å². The van der Waals surface area contributed by atoms with E-state index in [0.29, 0.717) is 38.5 Å². The molecule has 7 nitrogen and oxygen atoms in total. The van der Waals surface area contributed by atoms with Gasteiger partial charge in [-0.2, -0.15) is 0 Å². The summed E-state index contributed by atoms with van der Waals surface area (Å²) < 4.78 is 17.3. The first-order valence-corrected chi connectivity index (χ1v) is 12.7. The molecule has 0 saturated carbocycles. The SMILES string of the molecule is CCOc1ccc(-c2coc3cc(OCC)c(/C(C)=C/C(=O)NCCCN4CCCC4=O)cc23)cc1. The molecule has 3 aromatic rings. The van der Waals surface area contributed by atoms with Crippen LogP contribution in [0.15, 0.2) is 53.2 Å². The van der Waals surface area contributed by atoms with E-state index in [1.54, 1.807) is 12.3 Å². The standard InChI is InChI=1S/C29H34N2O5/c1-4-34-22-11-9-21(10-12-22)25-19-36-27-18-26(35-5-2)23(17-24(25)27)20(3)16-28(32)30-13-7-15-31-14-6-8-29(31)33/h9-12,16-19H,4-8,13-15H2,1-3H3,(H,30,32)/b20-16+. The lowest BCUT2D eigenvalue weighted by Gasteiger charge is -2.15. The van der Waals surface area contributed by atoms with Crippen molar-refractivity contribution in [1.82, 2.24) is 10.2 Å². The molecule has 1 saturated heterocycles. The predicted molar refractivity (Wildman–Crippen MR) is 141 cm³/mol. The third-order valence-electron chi connectivity index (χ3n) is 6.30. The van der Waals surface area contributed by atoms with Crippen molar-refractivity contribution in [3.8, 4) is 22.6 Å². The van der Waals surface area contributed by atoms with Crippen LogP contribution in [0.3, 0.4) is 0 Å². The first-order chi connectivity index (χ1) is 17.5. The molecule has 7 heteroatoms. The minimum atomic E-state index is -0.165. The van der Waals surface area contributed by atoms with Gasteiger partial charge in [-0.05, 0) is 62.9 Å². The van der Waals surface area contributed by atoms with E-state index in [0.717, 1.165) is 58.4 Å². The number of allylic oxidation sites excluding steroid dienone is 1. The van der Waals surface area contributed by atoms with Crippen LogP contribution < -0.4 is 14.8 Å². The number of carbonyl (C=O) groups excluding carboxylic acids is 2. The summed E-state index contributed by atoms with van der Waals surface area (Å²) in [5.74, 6) is 1.54. The fourth-order valence-electron chi connectivity index (χ4n) is 4.51. The molecule has 0 spiro atoms. The first kappa shape index (κ1) is 25.4. The molecule has 1 aromatic heterocycles. The normalized spacial score (nSPS) is 13.9. The molecule has 1 aliphatic heterocycles. The van der Waals surface area contributed by atoms with E-state index >= 15 is 0 Å². The van der Waals surface area contributed by atoms with Crippen molar-refractivity contribution in [1.29, 1.82) is 0 Å². The molecule has 0 aliphatic carbocycles. The number of carbonyl (C=O) groups is 2. The minimum Gasteiger partial charge on any atom is -0.494 e. The van der Waals surface area contributed by atoms with Crippen LogP contribution in [0.4, 0.5) is 0 Å². The molecule has 0 unspecified atom stereocenters. The van der Waals surface area contributed by atoms with Crippen LogP contribution in [-0.4, -0.2) is 49.6 Å². The number of benzene rings is 2. The van der Waals surface area contributed by atoms with E-state index in [-0.39, 0.29) is 11.8 Å². The Morgan fingerprint density at radius 3 is 2.61 bits per heavy atom.